The smallest absolute Gasteiger partial charge is 0.199 e. The predicted octanol–water partition coefficient (Wildman–Crippen LogP) is -0.394. The van der Waals surface area contributed by atoms with Gasteiger partial charge in [0.25, 0.3) is 0 Å². The van der Waals surface area contributed by atoms with Crippen molar-refractivity contribution in [1.29, 1.82) is 0 Å². The third-order valence-corrected chi connectivity index (χ3v) is 1.79. The van der Waals surface area contributed by atoms with Crippen LogP contribution in [-0.2, 0) is 7.05 Å². The second-order valence-corrected chi connectivity index (χ2v) is 2.62. The van der Waals surface area contributed by atoms with E-state index in [9.17, 15) is 4.79 Å². The lowest BCUT2D eigenvalue weighted by molar-refractivity contribution is 0.0945. The number of carbonyl (C=O) groups excluding carboxylic acids is 1. The highest BCUT2D eigenvalue weighted by atomic mass is 16.1. The zero-order chi connectivity index (χ0) is 9.14. The SMILES string of the molecule is CNC(C)C(=O)c1cnnn1C. The van der Waals surface area contributed by atoms with Gasteiger partial charge in [-0.2, -0.15) is 0 Å². The summed E-state index contributed by atoms with van der Waals surface area (Å²) < 4.78 is 1.47. The molecule has 5 heteroatoms. The van der Waals surface area contributed by atoms with E-state index in [0.717, 1.165) is 0 Å². The summed E-state index contributed by atoms with van der Waals surface area (Å²) in [5.74, 6) is 0.00463. The van der Waals surface area contributed by atoms with Gasteiger partial charge >= 0.3 is 0 Å². The Hall–Kier alpha value is -1.23. The first-order valence-corrected chi connectivity index (χ1v) is 3.73. The zero-order valence-corrected chi connectivity index (χ0v) is 7.40. The minimum absolute atomic E-state index is 0.00463. The average molecular weight is 168 g/mol. The number of hydrogen-bond donors (Lipinski definition) is 1. The highest BCUT2D eigenvalue weighted by Gasteiger charge is 2.16. The molecular weight excluding hydrogens is 156 g/mol. The Balaban J connectivity index is 2.85. The fourth-order valence-corrected chi connectivity index (χ4v) is 0.866. The summed E-state index contributed by atoms with van der Waals surface area (Å²) in [5.41, 5.74) is 0.525. The van der Waals surface area contributed by atoms with Crippen LogP contribution in [0.3, 0.4) is 0 Å². The fraction of sp³-hybridized carbons (Fsp3) is 0.571. The van der Waals surface area contributed by atoms with Gasteiger partial charge in [0, 0.05) is 7.05 Å². The van der Waals surface area contributed by atoms with E-state index in [2.05, 4.69) is 15.6 Å². The number of carbonyl (C=O) groups is 1. The van der Waals surface area contributed by atoms with Gasteiger partial charge in [-0.3, -0.25) is 4.79 Å². The summed E-state index contributed by atoms with van der Waals surface area (Å²) in [7, 11) is 3.44. The predicted molar refractivity (Wildman–Crippen MR) is 43.9 cm³/mol. The maximum Gasteiger partial charge on any atom is 0.199 e. The Morgan fingerprint density at radius 3 is 2.83 bits per heavy atom. The van der Waals surface area contributed by atoms with Crippen molar-refractivity contribution in [2.45, 2.75) is 13.0 Å². The van der Waals surface area contributed by atoms with Crippen LogP contribution in [0.5, 0.6) is 0 Å². The van der Waals surface area contributed by atoms with Gasteiger partial charge in [-0.1, -0.05) is 5.21 Å². The molecule has 0 aromatic carbocycles. The molecule has 0 bridgehead atoms. The molecule has 0 fully saturated rings. The van der Waals surface area contributed by atoms with Gasteiger partial charge in [0.1, 0.15) is 5.69 Å². The van der Waals surface area contributed by atoms with Crippen LogP contribution in [-0.4, -0.2) is 33.9 Å². The molecule has 0 aliphatic carbocycles. The largest absolute Gasteiger partial charge is 0.310 e. The number of nitrogens with one attached hydrogen (secondary N) is 1. The van der Waals surface area contributed by atoms with E-state index in [-0.39, 0.29) is 11.8 Å². The number of Topliss-reactive ketones (excluding diaryl/α,β-unsaturated/α-hetero) is 1. The summed E-state index contributed by atoms with van der Waals surface area (Å²) in [6, 6.07) is -0.192. The van der Waals surface area contributed by atoms with Crippen molar-refractivity contribution in [2.24, 2.45) is 7.05 Å². The number of rotatable bonds is 3. The van der Waals surface area contributed by atoms with Crippen molar-refractivity contribution in [3.05, 3.63) is 11.9 Å². The molecule has 0 saturated heterocycles. The lowest BCUT2D eigenvalue weighted by atomic mass is 10.2. The van der Waals surface area contributed by atoms with Crippen LogP contribution in [0.15, 0.2) is 6.20 Å². The molecule has 1 unspecified atom stereocenters. The number of nitrogens with zero attached hydrogens (tertiary/aromatic N) is 3. The van der Waals surface area contributed by atoms with Gasteiger partial charge in [0.15, 0.2) is 5.78 Å². The first-order chi connectivity index (χ1) is 5.66. The van der Waals surface area contributed by atoms with Gasteiger partial charge < -0.3 is 5.32 Å². The van der Waals surface area contributed by atoms with Crippen molar-refractivity contribution in [3.63, 3.8) is 0 Å². The third-order valence-electron chi connectivity index (χ3n) is 1.79. The number of aryl methyl sites for hydroxylation is 1. The molecule has 0 spiro atoms. The summed E-state index contributed by atoms with van der Waals surface area (Å²) >= 11 is 0. The van der Waals surface area contributed by atoms with Crippen LogP contribution < -0.4 is 5.32 Å². The second-order valence-electron chi connectivity index (χ2n) is 2.62. The molecule has 0 amide bonds. The van der Waals surface area contributed by atoms with Gasteiger partial charge in [-0.15, -0.1) is 5.10 Å². The van der Waals surface area contributed by atoms with Crippen molar-refractivity contribution in [3.8, 4) is 0 Å². The van der Waals surface area contributed by atoms with Crippen LogP contribution in [0.4, 0.5) is 0 Å². The topological polar surface area (TPSA) is 59.8 Å². The maximum absolute atomic E-state index is 11.5. The molecule has 1 N–H and O–H groups in total. The lowest BCUT2D eigenvalue weighted by Crippen LogP contribution is -2.32. The highest BCUT2D eigenvalue weighted by Crippen LogP contribution is 1.98. The molecule has 0 saturated carbocycles. The summed E-state index contributed by atoms with van der Waals surface area (Å²) in [5, 5.41) is 10.2. The average Bonchev–Trinajstić information content (AvgIpc) is 2.48. The number of likely N-dealkylation sites (N-methyl/N-ethyl adjacent to an activating group) is 1. The maximum atomic E-state index is 11.5. The molecule has 0 aliphatic rings. The zero-order valence-electron chi connectivity index (χ0n) is 7.40. The Bertz CT molecular complexity index is 281. The number of hydrogen-bond acceptors (Lipinski definition) is 4. The van der Waals surface area contributed by atoms with Crippen LogP contribution in [0.25, 0.3) is 0 Å². The van der Waals surface area contributed by atoms with Gasteiger partial charge in [-0.25, -0.2) is 4.68 Å². The van der Waals surface area contributed by atoms with Gasteiger partial charge in [0.2, 0.25) is 0 Å². The minimum Gasteiger partial charge on any atom is -0.310 e. The van der Waals surface area contributed by atoms with E-state index < -0.39 is 0 Å². The van der Waals surface area contributed by atoms with E-state index in [1.54, 1.807) is 21.0 Å². The molecule has 1 atom stereocenters. The molecular formula is C7H12N4O. The Kier molecular flexibility index (Phi) is 2.54. The molecule has 1 heterocycles. The minimum atomic E-state index is -0.192. The van der Waals surface area contributed by atoms with E-state index in [4.69, 9.17) is 0 Å². The summed E-state index contributed by atoms with van der Waals surface area (Å²) in [6.45, 7) is 1.80. The summed E-state index contributed by atoms with van der Waals surface area (Å²) in [4.78, 5) is 11.5. The molecule has 0 radical (unpaired) electrons. The van der Waals surface area contributed by atoms with Crippen molar-refractivity contribution < 1.29 is 4.79 Å². The normalized spacial score (nSPS) is 12.9. The molecule has 1 rings (SSSR count). The monoisotopic (exact) mass is 168 g/mol. The molecule has 5 nitrogen and oxygen atoms in total. The van der Waals surface area contributed by atoms with E-state index in [1.165, 1.54) is 10.9 Å². The summed E-state index contributed by atoms with van der Waals surface area (Å²) in [6.07, 6.45) is 1.47. The van der Waals surface area contributed by atoms with Gasteiger partial charge in [0.05, 0.1) is 12.2 Å². The van der Waals surface area contributed by atoms with Crippen LogP contribution in [0, 0.1) is 0 Å². The first kappa shape index (κ1) is 8.86. The van der Waals surface area contributed by atoms with Crippen molar-refractivity contribution in [1.82, 2.24) is 20.3 Å². The third kappa shape index (κ3) is 1.50. The molecule has 0 aliphatic heterocycles. The lowest BCUT2D eigenvalue weighted by Gasteiger charge is -2.07. The molecule has 1 aromatic rings. The van der Waals surface area contributed by atoms with Crippen LogP contribution in [0.2, 0.25) is 0 Å². The number of ketones is 1. The quantitative estimate of drug-likeness (QED) is 0.624. The van der Waals surface area contributed by atoms with Crippen LogP contribution in [0.1, 0.15) is 17.4 Å². The van der Waals surface area contributed by atoms with Crippen molar-refractivity contribution >= 4 is 5.78 Å². The van der Waals surface area contributed by atoms with Crippen molar-refractivity contribution in [2.75, 3.05) is 7.05 Å². The highest BCUT2D eigenvalue weighted by molar-refractivity contribution is 5.98. The first-order valence-electron chi connectivity index (χ1n) is 3.73. The second kappa shape index (κ2) is 3.44. The Labute approximate surface area is 70.8 Å². The molecule has 66 valence electrons. The molecule has 1 aromatic heterocycles. The standard InChI is InChI=1S/C7H12N4O/c1-5(8-2)7(12)6-4-9-10-11(6)3/h4-5,8H,1-3H3. The Morgan fingerprint density at radius 2 is 2.42 bits per heavy atom. The van der Waals surface area contributed by atoms with Gasteiger partial charge in [-0.05, 0) is 14.0 Å². The number of aromatic nitrogens is 3. The Morgan fingerprint density at radius 1 is 1.75 bits per heavy atom. The van der Waals surface area contributed by atoms with Crippen LogP contribution >= 0.6 is 0 Å². The fourth-order valence-electron chi connectivity index (χ4n) is 0.866. The molecule has 12 heavy (non-hydrogen) atoms. The van der Waals surface area contributed by atoms with E-state index >= 15 is 0 Å². The van der Waals surface area contributed by atoms with E-state index in [1.807, 2.05) is 0 Å². The van der Waals surface area contributed by atoms with E-state index in [0.29, 0.717) is 5.69 Å².